The number of rotatable bonds is 2. The van der Waals surface area contributed by atoms with Crippen molar-refractivity contribution in [3.8, 4) is 6.07 Å². The van der Waals surface area contributed by atoms with Crippen molar-refractivity contribution in [1.29, 1.82) is 5.26 Å². The number of benzene rings is 1. The van der Waals surface area contributed by atoms with Gasteiger partial charge >= 0.3 is 0 Å². The molecule has 1 aliphatic carbocycles. The van der Waals surface area contributed by atoms with Crippen molar-refractivity contribution in [2.75, 3.05) is 0 Å². The molecule has 96 valence electrons. The maximum absolute atomic E-state index is 12.5. The Kier molecular flexibility index (Phi) is 4.42. The molecule has 2 rings (SSSR count). The topological polar surface area (TPSA) is 40.9 Å². The van der Waals surface area contributed by atoms with Gasteiger partial charge in [0.2, 0.25) is 0 Å². The van der Waals surface area contributed by atoms with Crippen LogP contribution >= 0.6 is 11.6 Å². The van der Waals surface area contributed by atoms with Crippen LogP contribution in [0.4, 0.5) is 0 Å². The lowest BCUT2D eigenvalue weighted by Gasteiger charge is -2.30. The highest BCUT2D eigenvalue weighted by Gasteiger charge is 2.33. The van der Waals surface area contributed by atoms with E-state index in [0.717, 1.165) is 24.2 Å². The van der Waals surface area contributed by atoms with Crippen LogP contribution < -0.4 is 0 Å². The molecule has 4 atom stereocenters. The minimum atomic E-state index is -1.11. The van der Waals surface area contributed by atoms with Crippen molar-refractivity contribution in [3.63, 3.8) is 0 Å². The lowest BCUT2D eigenvalue weighted by Crippen LogP contribution is -2.31. The van der Waals surface area contributed by atoms with Gasteiger partial charge in [-0.3, -0.25) is 4.21 Å². The zero-order valence-corrected chi connectivity index (χ0v) is 11.9. The van der Waals surface area contributed by atoms with Crippen LogP contribution in [0.15, 0.2) is 29.2 Å². The third kappa shape index (κ3) is 2.93. The van der Waals surface area contributed by atoms with Crippen LogP contribution in [-0.4, -0.2) is 9.46 Å². The second kappa shape index (κ2) is 5.86. The molecule has 18 heavy (non-hydrogen) atoms. The van der Waals surface area contributed by atoms with E-state index in [4.69, 9.17) is 11.6 Å². The molecule has 4 unspecified atom stereocenters. The summed E-state index contributed by atoms with van der Waals surface area (Å²) in [7, 11) is -1.11. The Balaban J connectivity index is 2.21. The van der Waals surface area contributed by atoms with Crippen molar-refractivity contribution in [2.45, 2.75) is 36.3 Å². The molecule has 0 aromatic heterocycles. The predicted octanol–water partition coefficient (Wildman–Crippen LogP) is 3.78. The van der Waals surface area contributed by atoms with Crippen LogP contribution in [0, 0.1) is 23.2 Å². The van der Waals surface area contributed by atoms with E-state index < -0.39 is 10.8 Å². The van der Waals surface area contributed by atoms with Crippen LogP contribution in [-0.2, 0) is 10.8 Å². The summed E-state index contributed by atoms with van der Waals surface area (Å²) in [6.07, 6.45) is 2.79. The smallest absolute Gasteiger partial charge is 0.0668 e. The number of nitrogens with zero attached hydrogens (tertiary/aromatic N) is 1. The van der Waals surface area contributed by atoms with Gasteiger partial charge in [-0.25, -0.2) is 0 Å². The third-order valence-electron chi connectivity index (χ3n) is 3.54. The van der Waals surface area contributed by atoms with E-state index in [0.29, 0.717) is 10.9 Å². The fourth-order valence-electron chi connectivity index (χ4n) is 2.46. The fourth-order valence-corrected chi connectivity index (χ4v) is 4.34. The molecular formula is C14H16ClNOS. The maximum Gasteiger partial charge on any atom is 0.0668 e. The Morgan fingerprint density at radius 3 is 2.61 bits per heavy atom. The van der Waals surface area contributed by atoms with Gasteiger partial charge in [-0.15, -0.1) is 0 Å². The summed E-state index contributed by atoms with van der Waals surface area (Å²) >= 11 is 5.83. The average molecular weight is 282 g/mol. The summed E-state index contributed by atoms with van der Waals surface area (Å²) in [5, 5.41) is 9.78. The zero-order chi connectivity index (χ0) is 13.1. The number of hydrogen-bond acceptors (Lipinski definition) is 2. The highest BCUT2D eigenvalue weighted by molar-refractivity contribution is 7.85. The first-order valence-electron chi connectivity index (χ1n) is 6.17. The largest absolute Gasteiger partial charge is 0.254 e. The molecule has 4 heteroatoms. The van der Waals surface area contributed by atoms with Gasteiger partial charge in [0.1, 0.15) is 0 Å². The van der Waals surface area contributed by atoms with Crippen molar-refractivity contribution >= 4 is 22.4 Å². The molecule has 0 spiro atoms. The predicted molar refractivity (Wildman–Crippen MR) is 73.8 cm³/mol. The summed E-state index contributed by atoms with van der Waals surface area (Å²) in [5.74, 6) is 0.466. The van der Waals surface area contributed by atoms with Gasteiger partial charge < -0.3 is 0 Å². The van der Waals surface area contributed by atoms with Gasteiger partial charge in [-0.05, 0) is 49.4 Å². The number of hydrogen-bond donors (Lipinski definition) is 0. The molecule has 0 saturated heterocycles. The quantitative estimate of drug-likeness (QED) is 0.828. The second-order valence-corrected chi connectivity index (χ2v) is 7.05. The van der Waals surface area contributed by atoms with Crippen molar-refractivity contribution < 1.29 is 4.21 Å². The molecule has 2 nitrogen and oxygen atoms in total. The molecule has 0 aliphatic heterocycles. The van der Waals surface area contributed by atoms with Gasteiger partial charge in [0, 0.05) is 9.92 Å². The Morgan fingerprint density at radius 1 is 1.33 bits per heavy atom. The van der Waals surface area contributed by atoms with Crippen LogP contribution in [0.1, 0.15) is 26.2 Å². The van der Waals surface area contributed by atoms with Gasteiger partial charge in [0.25, 0.3) is 0 Å². The second-order valence-electron chi connectivity index (χ2n) is 4.94. The number of halogens is 1. The highest BCUT2D eigenvalue weighted by Crippen LogP contribution is 2.34. The SMILES string of the molecule is CC1CCC(C#N)C(S(=O)c2ccc(Cl)cc2)C1. The van der Waals surface area contributed by atoms with Gasteiger partial charge in [0.15, 0.2) is 0 Å². The highest BCUT2D eigenvalue weighted by atomic mass is 35.5. The zero-order valence-electron chi connectivity index (χ0n) is 10.3. The first-order chi connectivity index (χ1) is 8.61. The van der Waals surface area contributed by atoms with Crippen molar-refractivity contribution in [2.24, 2.45) is 11.8 Å². The lowest BCUT2D eigenvalue weighted by atomic mass is 9.83. The van der Waals surface area contributed by atoms with E-state index in [2.05, 4.69) is 13.0 Å². The van der Waals surface area contributed by atoms with Crippen LogP contribution in [0.25, 0.3) is 0 Å². The van der Waals surface area contributed by atoms with Gasteiger partial charge in [0.05, 0.1) is 28.0 Å². The first-order valence-corrected chi connectivity index (χ1v) is 7.76. The summed E-state index contributed by atoms with van der Waals surface area (Å²) in [4.78, 5) is 0.777. The van der Waals surface area contributed by atoms with Crippen molar-refractivity contribution in [1.82, 2.24) is 0 Å². The van der Waals surface area contributed by atoms with E-state index in [1.165, 1.54) is 0 Å². The molecule has 0 N–H and O–H groups in total. The molecule has 1 aromatic rings. The summed E-state index contributed by atoms with van der Waals surface area (Å²) in [5.41, 5.74) is 0. The van der Waals surface area contributed by atoms with Crippen LogP contribution in [0.5, 0.6) is 0 Å². The Morgan fingerprint density at radius 2 is 2.00 bits per heavy atom. The van der Waals surface area contributed by atoms with Gasteiger partial charge in [-0.1, -0.05) is 18.5 Å². The van der Waals surface area contributed by atoms with Crippen LogP contribution in [0.3, 0.4) is 0 Å². The Labute approximate surface area is 115 Å². The minimum absolute atomic E-state index is 0.0417. The average Bonchev–Trinajstić information content (AvgIpc) is 2.39. The fraction of sp³-hybridized carbons (Fsp3) is 0.500. The van der Waals surface area contributed by atoms with E-state index in [-0.39, 0.29) is 11.2 Å². The molecule has 1 saturated carbocycles. The molecule has 0 bridgehead atoms. The normalized spacial score (nSPS) is 29.5. The first kappa shape index (κ1) is 13.6. The lowest BCUT2D eigenvalue weighted by molar-refractivity contribution is 0.341. The maximum atomic E-state index is 12.5. The summed E-state index contributed by atoms with van der Waals surface area (Å²) < 4.78 is 12.5. The third-order valence-corrected chi connectivity index (χ3v) is 5.60. The molecule has 1 aromatic carbocycles. The minimum Gasteiger partial charge on any atom is -0.254 e. The van der Waals surface area contributed by atoms with Crippen LogP contribution in [0.2, 0.25) is 5.02 Å². The molecule has 1 fully saturated rings. The summed E-state index contributed by atoms with van der Waals surface area (Å²) in [6.45, 7) is 2.17. The molecule has 0 radical (unpaired) electrons. The van der Waals surface area contributed by atoms with E-state index >= 15 is 0 Å². The monoisotopic (exact) mass is 281 g/mol. The van der Waals surface area contributed by atoms with E-state index in [9.17, 15) is 9.47 Å². The number of nitriles is 1. The Hall–Kier alpha value is -0.850. The van der Waals surface area contributed by atoms with E-state index in [1.54, 1.807) is 24.3 Å². The Bertz CT molecular complexity index is 480. The van der Waals surface area contributed by atoms with Crippen molar-refractivity contribution in [3.05, 3.63) is 29.3 Å². The molecule has 0 amide bonds. The molecular weight excluding hydrogens is 266 g/mol. The van der Waals surface area contributed by atoms with Gasteiger partial charge in [-0.2, -0.15) is 5.26 Å². The molecule has 1 aliphatic rings. The van der Waals surface area contributed by atoms with E-state index in [1.807, 2.05) is 0 Å². The standard InChI is InChI=1S/C14H16ClNOS/c1-10-2-3-11(9-16)14(8-10)18(17)13-6-4-12(15)5-7-13/h4-7,10-11,14H,2-3,8H2,1H3. The summed E-state index contributed by atoms with van der Waals surface area (Å²) in [6, 6.07) is 9.42. The molecule has 0 heterocycles.